The Balaban J connectivity index is 3.00. The van der Waals surface area contributed by atoms with Gasteiger partial charge in [-0.1, -0.05) is 13.3 Å². The first-order chi connectivity index (χ1) is 7.60. The van der Waals surface area contributed by atoms with E-state index in [1.165, 1.54) is 0 Å². The van der Waals surface area contributed by atoms with Crippen LogP contribution in [0.1, 0.15) is 30.9 Å². The Bertz CT molecular complexity index is 406. The number of nitriles is 1. The van der Waals surface area contributed by atoms with Crippen LogP contribution in [0.2, 0.25) is 0 Å². The lowest BCUT2D eigenvalue weighted by atomic mass is 10.1. The molecule has 0 aromatic heterocycles. The summed E-state index contributed by atoms with van der Waals surface area (Å²) in [5.74, 6) is 5.90. The molecular formula is C12H18N4. The zero-order valence-corrected chi connectivity index (χ0v) is 9.83. The lowest BCUT2D eigenvalue weighted by molar-refractivity contribution is 0.739. The highest BCUT2D eigenvalue weighted by molar-refractivity contribution is 5.70. The van der Waals surface area contributed by atoms with Crippen LogP contribution in [0.25, 0.3) is 0 Å². The standard InChI is InChI=1S/C12H18N4/c1-3-4-5-16(15)12-7-10(8-13)9(2)6-11(12)14/h6-7H,3-5,14-15H2,1-2H3. The quantitative estimate of drug-likeness (QED) is 0.460. The van der Waals surface area contributed by atoms with E-state index >= 15 is 0 Å². The summed E-state index contributed by atoms with van der Waals surface area (Å²) in [7, 11) is 0. The highest BCUT2D eigenvalue weighted by atomic mass is 15.4. The summed E-state index contributed by atoms with van der Waals surface area (Å²) in [4.78, 5) is 0. The molecule has 0 amide bonds. The lowest BCUT2D eigenvalue weighted by Gasteiger charge is -2.21. The fourth-order valence-electron chi connectivity index (χ4n) is 1.54. The van der Waals surface area contributed by atoms with Gasteiger partial charge in [0.2, 0.25) is 0 Å². The Kier molecular flexibility index (Phi) is 4.15. The van der Waals surface area contributed by atoms with Crippen molar-refractivity contribution in [1.82, 2.24) is 0 Å². The first-order valence-corrected chi connectivity index (χ1v) is 5.42. The van der Waals surface area contributed by atoms with Gasteiger partial charge in [0.25, 0.3) is 0 Å². The minimum absolute atomic E-state index is 0.620. The molecule has 0 saturated carbocycles. The van der Waals surface area contributed by atoms with Crippen LogP contribution >= 0.6 is 0 Å². The predicted molar refractivity (Wildman–Crippen MR) is 66.7 cm³/mol. The molecule has 0 aliphatic carbocycles. The SMILES string of the molecule is CCCCN(N)c1cc(C#N)c(C)cc1N. The average molecular weight is 218 g/mol. The van der Waals surface area contributed by atoms with Gasteiger partial charge in [0, 0.05) is 6.54 Å². The van der Waals surface area contributed by atoms with Gasteiger partial charge in [0.15, 0.2) is 0 Å². The Labute approximate surface area is 96.4 Å². The number of anilines is 2. The van der Waals surface area contributed by atoms with Crippen LogP contribution in [-0.4, -0.2) is 6.54 Å². The average Bonchev–Trinajstić information content (AvgIpc) is 2.26. The molecule has 0 heterocycles. The van der Waals surface area contributed by atoms with Gasteiger partial charge in [0.1, 0.15) is 0 Å². The topological polar surface area (TPSA) is 79.1 Å². The Hall–Kier alpha value is -1.73. The molecule has 0 atom stereocenters. The van der Waals surface area contributed by atoms with E-state index in [1.807, 2.05) is 6.92 Å². The van der Waals surface area contributed by atoms with Crippen molar-refractivity contribution < 1.29 is 0 Å². The summed E-state index contributed by atoms with van der Waals surface area (Å²) in [6.07, 6.45) is 2.08. The van der Waals surface area contributed by atoms with Crippen LogP contribution in [0.15, 0.2) is 12.1 Å². The number of rotatable bonds is 4. The molecule has 1 rings (SSSR count). The van der Waals surface area contributed by atoms with Gasteiger partial charge in [-0.3, -0.25) is 0 Å². The highest BCUT2D eigenvalue weighted by Crippen LogP contribution is 2.25. The van der Waals surface area contributed by atoms with Crippen molar-refractivity contribution in [3.8, 4) is 6.07 Å². The van der Waals surface area contributed by atoms with Crippen LogP contribution < -0.4 is 16.6 Å². The molecule has 0 aliphatic heterocycles. The third-order valence-electron chi connectivity index (χ3n) is 2.56. The van der Waals surface area contributed by atoms with Gasteiger partial charge < -0.3 is 10.7 Å². The molecule has 86 valence electrons. The van der Waals surface area contributed by atoms with Gasteiger partial charge in [-0.15, -0.1) is 0 Å². The fourth-order valence-corrected chi connectivity index (χ4v) is 1.54. The zero-order chi connectivity index (χ0) is 12.1. The monoisotopic (exact) mass is 218 g/mol. The van der Waals surface area contributed by atoms with Crippen molar-refractivity contribution in [2.75, 3.05) is 17.3 Å². The van der Waals surface area contributed by atoms with E-state index in [1.54, 1.807) is 17.1 Å². The highest BCUT2D eigenvalue weighted by Gasteiger charge is 2.09. The van der Waals surface area contributed by atoms with E-state index < -0.39 is 0 Å². The number of benzene rings is 1. The molecule has 0 spiro atoms. The van der Waals surface area contributed by atoms with Gasteiger partial charge in [-0.2, -0.15) is 5.26 Å². The minimum atomic E-state index is 0.620. The number of aryl methyl sites for hydroxylation is 1. The van der Waals surface area contributed by atoms with Crippen LogP contribution in [0, 0.1) is 18.3 Å². The third kappa shape index (κ3) is 2.65. The molecule has 16 heavy (non-hydrogen) atoms. The van der Waals surface area contributed by atoms with Crippen molar-refractivity contribution in [2.45, 2.75) is 26.7 Å². The predicted octanol–water partition coefficient (Wildman–Crippen LogP) is 1.93. The Morgan fingerprint density at radius 1 is 1.44 bits per heavy atom. The number of nitrogen functional groups attached to an aromatic ring is 1. The molecule has 0 fully saturated rings. The summed E-state index contributed by atoms with van der Waals surface area (Å²) in [5.41, 5.74) is 8.74. The normalized spacial score (nSPS) is 9.88. The maximum atomic E-state index is 8.94. The van der Waals surface area contributed by atoms with E-state index in [4.69, 9.17) is 16.8 Å². The number of hydrogen-bond acceptors (Lipinski definition) is 4. The van der Waals surface area contributed by atoms with E-state index in [2.05, 4.69) is 13.0 Å². The number of hydrazine groups is 1. The zero-order valence-electron chi connectivity index (χ0n) is 9.83. The molecule has 0 saturated heterocycles. The summed E-state index contributed by atoms with van der Waals surface area (Å²) in [5, 5.41) is 10.6. The van der Waals surface area contributed by atoms with Crippen LogP contribution in [0.3, 0.4) is 0 Å². The van der Waals surface area contributed by atoms with Crippen molar-refractivity contribution in [3.63, 3.8) is 0 Å². The van der Waals surface area contributed by atoms with Gasteiger partial charge in [-0.05, 0) is 31.0 Å². The Morgan fingerprint density at radius 3 is 2.69 bits per heavy atom. The molecule has 1 aromatic rings. The molecule has 0 aliphatic rings. The van der Waals surface area contributed by atoms with E-state index in [0.29, 0.717) is 11.3 Å². The number of nitrogens with zero attached hydrogens (tertiary/aromatic N) is 2. The molecule has 0 radical (unpaired) electrons. The summed E-state index contributed by atoms with van der Waals surface area (Å²) < 4.78 is 0. The van der Waals surface area contributed by atoms with Crippen LogP contribution in [0.5, 0.6) is 0 Å². The molecule has 4 N–H and O–H groups in total. The molecule has 1 aromatic carbocycles. The summed E-state index contributed by atoms with van der Waals surface area (Å²) >= 11 is 0. The van der Waals surface area contributed by atoms with E-state index in [9.17, 15) is 0 Å². The van der Waals surface area contributed by atoms with Crippen molar-refractivity contribution in [3.05, 3.63) is 23.3 Å². The maximum Gasteiger partial charge on any atom is 0.0995 e. The maximum absolute atomic E-state index is 8.94. The molecular weight excluding hydrogens is 200 g/mol. The van der Waals surface area contributed by atoms with Crippen molar-refractivity contribution in [2.24, 2.45) is 5.84 Å². The summed E-state index contributed by atoms with van der Waals surface area (Å²) in [6.45, 7) is 4.72. The second-order valence-corrected chi connectivity index (χ2v) is 3.88. The number of nitrogens with two attached hydrogens (primary N) is 2. The van der Waals surface area contributed by atoms with Gasteiger partial charge in [-0.25, -0.2) is 5.84 Å². The number of unbranched alkanes of at least 4 members (excludes halogenated alkanes) is 1. The first kappa shape index (κ1) is 12.3. The van der Waals surface area contributed by atoms with Crippen molar-refractivity contribution in [1.29, 1.82) is 5.26 Å². The molecule has 0 unspecified atom stereocenters. The fraction of sp³-hybridized carbons (Fsp3) is 0.417. The minimum Gasteiger partial charge on any atom is -0.397 e. The molecule has 4 nitrogen and oxygen atoms in total. The largest absolute Gasteiger partial charge is 0.397 e. The van der Waals surface area contributed by atoms with Gasteiger partial charge >= 0.3 is 0 Å². The van der Waals surface area contributed by atoms with Gasteiger partial charge in [0.05, 0.1) is 23.0 Å². The first-order valence-electron chi connectivity index (χ1n) is 5.42. The van der Waals surface area contributed by atoms with Crippen LogP contribution in [-0.2, 0) is 0 Å². The van der Waals surface area contributed by atoms with E-state index in [0.717, 1.165) is 30.6 Å². The number of hydrogen-bond donors (Lipinski definition) is 2. The van der Waals surface area contributed by atoms with Crippen LogP contribution in [0.4, 0.5) is 11.4 Å². The lowest BCUT2D eigenvalue weighted by Crippen LogP contribution is -2.32. The second-order valence-electron chi connectivity index (χ2n) is 3.88. The molecule has 0 bridgehead atoms. The smallest absolute Gasteiger partial charge is 0.0995 e. The summed E-state index contributed by atoms with van der Waals surface area (Å²) in [6, 6.07) is 5.68. The van der Waals surface area contributed by atoms with E-state index in [-0.39, 0.29) is 0 Å². The van der Waals surface area contributed by atoms with Crippen molar-refractivity contribution >= 4 is 11.4 Å². The molecule has 4 heteroatoms. The second kappa shape index (κ2) is 5.38. The third-order valence-corrected chi connectivity index (χ3v) is 2.56. The Morgan fingerprint density at radius 2 is 2.12 bits per heavy atom.